The lowest BCUT2D eigenvalue weighted by molar-refractivity contribution is -0.358. The van der Waals surface area contributed by atoms with Crippen LogP contribution in [0, 0.1) is 0 Å². The van der Waals surface area contributed by atoms with Crippen LogP contribution in [0.15, 0.2) is 35.9 Å². The maximum atomic E-state index is 10.6. The fourth-order valence-corrected chi connectivity index (χ4v) is 2.35. The average molecular weight is 232 g/mol. The van der Waals surface area contributed by atoms with Crippen molar-refractivity contribution in [2.24, 2.45) is 0 Å². The normalized spacial score (nSPS) is 25.3. The second-order valence-corrected chi connectivity index (χ2v) is 4.26. The summed E-state index contributed by atoms with van der Waals surface area (Å²) in [4.78, 5) is 21.1. The van der Waals surface area contributed by atoms with Crippen LogP contribution < -0.4 is 0 Å². The number of carboxylic acid groups (broad SMARTS) is 1. The van der Waals surface area contributed by atoms with E-state index in [1.54, 1.807) is 0 Å². The van der Waals surface area contributed by atoms with Crippen molar-refractivity contribution in [3.05, 3.63) is 47.0 Å². The largest absolute Gasteiger partial charge is 0.481 e. The smallest absolute Gasteiger partial charge is 0.303 e. The number of benzene rings is 1. The van der Waals surface area contributed by atoms with E-state index >= 15 is 0 Å². The van der Waals surface area contributed by atoms with Crippen molar-refractivity contribution in [3.8, 4) is 0 Å². The van der Waals surface area contributed by atoms with E-state index < -0.39 is 5.97 Å². The minimum absolute atomic E-state index is 0.126. The van der Waals surface area contributed by atoms with Crippen molar-refractivity contribution in [3.63, 3.8) is 0 Å². The van der Waals surface area contributed by atoms with Crippen molar-refractivity contribution in [1.82, 2.24) is 0 Å². The summed E-state index contributed by atoms with van der Waals surface area (Å²) in [5.74, 6) is -0.790. The number of aliphatic carboxylic acids is 1. The number of carboxylic acids is 1. The van der Waals surface area contributed by atoms with Gasteiger partial charge in [-0.2, -0.15) is 0 Å². The van der Waals surface area contributed by atoms with Crippen molar-refractivity contribution in [2.45, 2.75) is 25.0 Å². The first-order valence-electron chi connectivity index (χ1n) is 5.59. The molecule has 0 spiro atoms. The van der Waals surface area contributed by atoms with Crippen LogP contribution in [0.3, 0.4) is 0 Å². The molecule has 0 radical (unpaired) electrons. The van der Waals surface area contributed by atoms with Gasteiger partial charge in [0.15, 0.2) is 0 Å². The summed E-state index contributed by atoms with van der Waals surface area (Å²) >= 11 is 0. The molecule has 4 rings (SSSR count). The first kappa shape index (κ1) is 10.5. The number of rotatable bonds is 3. The molecule has 0 fully saturated rings. The first-order valence-corrected chi connectivity index (χ1v) is 5.59. The van der Waals surface area contributed by atoms with Crippen molar-refractivity contribution in [2.75, 3.05) is 0 Å². The van der Waals surface area contributed by atoms with Crippen LogP contribution in [-0.2, 0) is 14.6 Å². The molecule has 2 atom stereocenters. The summed E-state index contributed by atoms with van der Waals surface area (Å²) in [5, 5.41) is 8.71. The summed E-state index contributed by atoms with van der Waals surface area (Å²) < 4.78 is 0. The zero-order valence-corrected chi connectivity index (χ0v) is 9.13. The van der Waals surface area contributed by atoms with E-state index in [0.29, 0.717) is 6.42 Å². The van der Waals surface area contributed by atoms with E-state index in [1.807, 2.05) is 30.3 Å². The third-order valence-electron chi connectivity index (χ3n) is 3.17. The molecule has 4 heteroatoms. The van der Waals surface area contributed by atoms with E-state index in [2.05, 4.69) is 0 Å². The number of fused-ring (bicyclic) bond motifs is 1. The molecule has 3 aliphatic rings. The van der Waals surface area contributed by atoms with E-state index in [1.165, 1.54) is 0 Å². The molecule has 2 aliphatic heterocycles. The molecule has 0 saturated heterocycles. The molecule has 1 aromatic rings. The van der Waals surface area contributed by atoms with Crippen molar-refractivity contribution < 1.29 is 19.7 Å². The lowest BCUT2D eigenvalue weighted by Crippen LogP contribution is -2.25. The molecule has 88 valence electrons. The van der Waals surface area contributed by atoms with Gasteiger partial charge in [0.1, 0.15) is 12.2 Å². The van der Waals surface area contributed by atoms with Gasteiger partial charge in [-0.05, 0) is 29.2 Å². The first-order chi connectivity index (χ1) is 8.25. The molecule has 17 heavy (non-hydrogen) atoms. The minimum atomic E-state index is -0.790. The highest BCUT2D eigenvalue weighted by Crippen LogP contribution is 2.46. The second kappa shape index (κ2) is 3.98. The molecule has 1 aromatic carbocycles. The van der Waals surface area contributed by atoms with E-state index in [9.17, 15) is 4.79 Å². The Morgan fingerprint density at radius 2 is 2.00 bits per heavy atom. The SMILES string of the molecule is O=C(O)CCC1=CC2OOC1c1ccccc12. The monoisotopic (exact) mass is 232 g/mol. The topological polar surface area (TPSA) is 55.8 Å². The highest BCUT2D eigenvalue weighted by Gasteiger charge is 2.36. The molecular formula is C13H12O4. The fraction of sp³-hybridized carbons (Fsp3) is 0.308. The molecule has 0 saturated carbocycles. The molecule has 1 aliphatic carbocycles. The predicted octanol–water partition coefficient (Wildman–Crippen LogP) is 2.54. The van der Waals surface area contributed by atoms with Crippen LogP contribution in [-0.4, -0.2) is 11.1 Å². The highest BCUT2D eigenvalue weighted by molar-refractivity contribution is 5.67. The van der Waals surface area contributed by atoms with Crippen molar-refractivity contribution >= 4 is 5.97 Å². The maximum absolute atomic E-state index is 10.6. The van der Waals surface area contributed by atoms with Gasteiger partial charge in [-0.15, -0.1) is 0 Å². The molecule has 4 nitrogen and oxygen atoms in total. The van der Waals surface area contributed by atoms with Gasteiger partial charge in [0.05, 0.1) is 0 Å². The summed E-state index contributed by atoms with van der Waals surface area (Å²) in [6, 6.07) is 7.94. The molecule has 0 aromatic heterocycles. The van der Waals surface area contributed by atoms with Crippen molar-refractivity contribution in [1.29, 1.82) is 0 Å². The van der Waals surface area contributed by atoms with E-state index in [4.69, 9.17) is 14.9 Å². The number of hydrogen-bond acceptors (Lipinski definition) is 3. The highest BCUT2D eigenvalue weighted by atomic mass is 17.2. The Morgan fingerprint density at radius 1 is 1.24 bits per heavy atom. The Bertz CT molecular complexity index is 492. The Hall–Kier alpha value is -1.65. The van der Waals surface area contributed by atoms with Gasteiger partial charge in [0.25, 0.3) is 0 Å². The lowest BCUT2D eigenvalue weighted by atomic mass is 9.85. The van der Waals surface area contributed by atoms with Gasteiger partial charge in [-0.25, -0.2) is 9.78 Å². The summed E-state index contributed by atoms with van der Waals surface area (Å²) in [6.45, 7) is 0. The van der Waals surface area contributed by atoms with Crippen LogP contribution in [0.25, 0.3) is 0 Å². The van der Waals surface area contributed by atoms with Crippen LogP contribution >= 0.6 is 0 Å². The molecule has 2 heterocycles. The lowest BCUT2D eigenvalue weighted by Gasteiger charge is -2.36. The van der Waals surface area contributed by atoms with Gasteiger partial charge < -0.3 is 5.11 Å². The van der Waals surface area contributed by atoms with E-state index in [-0.39, 0.29) is 18.6 Å². The quantitative estimate of drug-likeness (QED) is 0.642. The van der Waals surface area contributed by atoms with E-state index in [0.717, 1.165) is 16.7 Å². The maximum Gasteiger partial charge on any atom is 0.303 e. The molecular weight excluding hydrogens is 220 g/mol. The fourth-order valence-electron chi connectivity index (χ4n) is 2.35. The summed E-state index contributed by atoms with van der Waals surface area (Å²) in [6.07, 6.45) is 2.17. The predicted molar refractivity (Wildman–Crippen MR) is 59.0 cm³/mol. The Morgan fingerprint density at radius 3 is 2.76 bits per heavy atom. The number of carbonyl (C=O) groups is 1. The molecule has 1 N–H and O–H groups in total. The third kappa shape index (κ3) is 1.75. The van der Waals surface area contributed by atoms with Gasteiger partial charge in [-0.1, -0.05) is 24.3 Å². The van der Waals surface area contributed by atoms with Gasteiger partial charge in [-0.3, -0.25) is 4.79 Å². The molecule has 2 bridgehead atoms. The second-order valence-electron chi connectivity index (χ2n) is 4.26. The zero-order chi connectivity index (χ0) is 11.8. The molecule has 2 unspecified atom stereocenters. The van der Waals surface area contributed by atoms with Gasteiger partial charge in [0.2, 0.25) is 0 Å². The molecule has 0 amide bonds. The average Bonchev–Trinajstić information content (AvgIpc) is 2.37. The van der Waals surface area contributed by atoms with Crippen LogP contribution in [0.1, 0.15) is 36.2 Å². The summed E-state index contributed by atoms with van der Waals surface area (Å²) in [5.41, 5.74) is 3.21. The Labute approximate surface area is 98.4 Å². The third-order valence-corrected chi connectivity index (χ3v) is 3.17. The number of hydrogen-bond donors (Lipinski definition) is 1. The minimum Gasteiger partial charge on any atom is -0.481 e. The van der Waals surface area contributed by atoms with Gasteiger partial charge >= 0.3 is 5.97 Å². The van der Waals surface area contributed by atoms with Gasteiger partial charge in [0, 0.05) is 6.42 Å². The Balaban J connectivity index is 1.89. The van der Waals surface area contributed by atoms with Crippen LogP contribution in [0.2, 0.25) is 0 Å². The van der Waals surface area contributed by atoms with Crippen LogP contribution in [0.4, 0.5) is 0 Å². The zero-order valence-electron chi connectivity index (χ0n) is 9.13. The van der Waals surface area contributed by atoms with Crippen LogP contribution in [0.5, 0.6) is 0 Å². The summed E-state index contributed by atoms with van der Waals surface area (Å²) in [7, 11) is 0. The Kier molecular flexibility index (Phi) is 2.46. The standard InChI is InChI=1S/C13H12O4/c14-12(15)6-5-8-7-11-9-3-1-2-4-10(9)13(8)17-16-11/h1-4,7,11,13H,5-6H2,(H,14,15).